The summed E-state index contributed by atoms with van der Waals surface area (Å²) in [6.07, 6.45) is 19.0. The van der Waals surface area contributed by atoms with Gasteiger partial charge < -0.3 is 4.90 Å². The fourth-order valence-corrected chi connectivity index (χ4v) is 10.4. The second kappa shape index (κ2) is 14.7. The summed E-state index contributed by atoms with van der Waals surface area (Å²) in [6, 6.07) is 57.4. The summed E-state index contributed by atoms with van der Waals surface area (Å²) >= 11 is 0. The SMILES string of the molecule is CCC1(CC)c2cc(/C=C/c3cc(C4C=CC=CC4)c4ccccc4c3-c3ccccc3)ccc2-c2ccc(N(c3ccccc3)C3Cc4ccccc4C3)cc21. The summed E-state index contributed by atoms with van der Waals surface area (Å²) in [6.45, 7) is 4.77. The second-order valence-electron chi connectivity index (χ2n) is 16.2. The summed E-state index contributed by atoms with van der Waals surface area (Å²) < 4.78 is 0. The minimum atomic E-state index is -0.0579. The van der Waals surface area contributed by atoms with Gasteiger partial charge in [0.15, 0.2) is 0 Å². The number of allylic oxidation sites excluding steroid dienone is 4. The monoisotopic (exact) mass is 735 g/mol. The quantitative estimate of drug-likeness (QED) is 0.133. The molecule has 0 amide bonds. The van der Waals surface area contributed by atoms with Crippen LogP contribution < -0.4 is 4.90 Å². The number of benzene rings is 7. The van der Waals surface area contributed by atoms with Gasteiger partial charge in [-0.05, 0) is 134 Å². The molecule has 57 heavy (non-hydrogen) atoms. The summed E-state index contributed by atoms with van der Waals surface area (Å²) in [5.41, 5.74) is 17.6. The summed E-state index contributed by atoms with van der Waals surface area (Å²) in [5, 5.41) is 2.65. The molecular weight excluding hydrogens is 687 g/mol. The zero-order valence-electron chi connectivity index (χ0n) is 33.0. The predicted octanol–water partition coefficient (Wildman–Crippen LogP) is 14.7. The van der Waals surface area contributed by atoms with Crippen LogP contribution in [-0.2, 0) is 18.3 Å². The number of hydrogen-bond donors (Lipinski definition) is 0. The molecule has 10 rings (SSSR count). The molecule has 0 bridgehead atoms. The molecule has 0 heterocycles. The van der Waals surface area contributed by atoms with E-state index in [2.05, 4.69) is 207 Å². The van der Waals surface area contributed by atoms with Crippen LogP contribution in [0.1, 0.15) is 78.0 Å². The lowest BCUT2D eigenvalue weighted by molar-refractivity contribution is 0.490. The number of nitrogens with zero attached hydrogens (tertiary/aromatic N) is 1. The van der Waals surface area contributed by atoms with E-state index in [0.29, 0.717) is 12.0 Å². The third kappa shape index (κ3) is 6.09. The van der Waals surface area contributed by atoms with E-state index in [1.807, 2.05) is 0 Å². The van der Waals surface area contributed by atoms with Crippen molar-refractivity contribution in [2.45, 2.75) is 63.3 Å². The van der Waals surface area contributed by atoms with Gasteiger partial charge in [0.25, 0.3) is 0 Å². The first kappa shape index (κ1) is 35.2. The van der Waals surface area contributed by atoms with Crippen molar-refractivity contribution in [3.8, 4) is 22.3 Å². The first-order valence-electron chi connectivity index (χ1n) is 21.0. The maximum Gasteiger partial charge on any atom is 0.0423 e. The van der Waals surface area contributed by atoms with Gasteiger partial charge in [0, 0.05) is 28.7 Å². The molecule has 0 fully saturated rings. The number of fused-ring (bicyclic) bond motifs is 5. The van der Waals surface area contributed by atoms with E-state index in [-0.39, 0.29) is 5.41 Å². The lowest BCUT2D eigenvalue weighted by atomic mass is 9.73. The van der Waals surface area contributed by atoms with Gasteiger partial charge in [-0.25, -0.2) is 0 Å². The highest BCUT2D eigenvalue weighted by Crippen LogP contribution is 2.54. The topological polar surface area (TPSA) is 3.24 Å². The van der Waals surface area contributed by atoms with Crippen molar-refractivity contribution in [3.63, 3.8) is 0 Å². The van der Waals surface area contributed by atoms with E-state index in [0.717, 1.165) is 32.1 Å². The number of rotatable bonds is 9. The standard InChI is InChI=1S/C56H49N/c1-3-56(4-2)53-34-39(28-30-44-37-52(40-18-8-5-9-19-40)48-26-16-17-27-51(48)55(44)41-20-10-6-11-21-41)29-32-49(53)50-33-31-46(38-54(50)56)57(45-24-12-7-13-25-45)47-35-42-22-14-15-23-43(42)36-47/h5-18,20-34,37-38,40,47H,3-4,19,35-36H2,1-2H3/b30-28+. The van der Waals surface area contributed by atoms with Gasteiger partial charge >= 0.3 is 0 Å². The molecule has 0 N–H and O–H groups in total. The predicted molar refractivity (Wildman–Crippen MR) is 243 cm³/mol. The molecule has 278 valence electrons. The first-order chi connectivity index (χ1) is 28.1. The number of hydrogen-bond acceptors (Lipinski definition) is 1. The fraction of sp³-hybridized carbons (Fsp3) is 0.179. The molecule has 0 aliphatic heterocycles. The Kier molecular flexibility index (Phi) is 9.10. The van der Waals surface area contributed by atoms with Crippen molar-refractivity contribution >= 4 is 34.3 Å². The van der Waals surface area contributed by atoms with Crippen molar-refractivity contribution in [2.75, 3.05) is 4.90 Å². The van der Waals surface area contributed by atoms with Crippen LogP contribution >= 0.6 is 0 Å². The number of anilines is 2. The van der Waals surface area contributed by atoms with Gasteiger partial charge in [-0.15, -0.1) is 0 Å². The Labute approximate surface area is 338 Å². The van der Waals surface area contributed by atoms with Gasteiger partial charge in [-0.3, -0.25) is 0 Å². The van der Waals surface area contributed by atoms with Crippen molar-refractivity contribution in [2.24, 2.45) is 0 Å². The van der Waals surface area contributed by atoms with Gasteiger partial charge in [0.2, 0.25) is 0 Å². The van der Waals surface area contributed by atoms with Crippen LogP contribution in [0.25, 0.3) is 45.2 Å². The molecule has 7 aromatic rings. The molecule has 3 aliphatic carbocycles. The molecule has 0 saturated heterocycles. The highest BCUT2D eigenvalue weighted by atomic mass is 15.2. The largest absolute Gasteiger partial charge is 0.338 e. The first-order valence-corrected chi connectivity index (χ1v) is 21.0. The number of para-hydroxylation sites is 1. The molecule has 0 aromatic heterocycles. The smallest absolute Gasteiger partial charge is 0.0423 e. The zero-order chi connectivity index (χ0) is 38.3. The van der Waals surface area contributed by atoms with Crippen LogP contribution in [0.5, 0.6) is 0 Å². The van der Waals surface area contributed by atoms with E-state index < -0.39 is 0 Å². The highest BCUT2D eigenvalue weighted by molar-refractivity contribution is 6.03. The molecule has 0 saturated carbocycles. The minimum Gasteiger partial charge on any atom is -0.338 e. The van der Waals surface area contributed by atoms with E-state index in [1.165, 1.54) is 83.3 Å². The Hall–Kier alpha value is -6.18. The third-order valence-electron chi connectivity index (χ3n) is 13.3. The summed E-state index contributed by atoms with van der Waals surface area (Å²) in [5.74, 6) is 0.358. The lowest BCUT2D eigenvalue weighted by Crippen LogP contribution is -2.32. The normalized spacial score (nSPS) is 16.6. The van der Waals surface area contributed by atoms with Crippen molar-refractivity contribution < 1.29 is 0 Å². The van der Waals surface area contributed by atoms with E-state index in [1.54, 1.807) is 0 Å². The molecule has 0 spiro atoms. The Morgan fingerprint density at radius 3 is 1.95 bits per heavy atom. The minimum absolute atomic E-state index is 0.0579. The van der Waals surface area contributed by atoms with E-state index >= 15 is 0 Å². The maximum absolute atomic E-state index is 2.62. The molecule has 1 heteroatoms. The van der Waals surface area contributed by atoms with Crippen molar-refractivity contribution in [1.82, 2.24) is 0 Å². The Bertz CT molecular complexity index is 2670. The summed E-state index contributed by atoms with van der Waals surface area (Å²) in [7, 11) is 0. The highest BCUT2D eigenvalue weighted by Gasteiger charge is 2.41. The average Bonchev–Trinajstić information content (AvgIpc) is 3.82. The van der Waals surface area contributed by atoms with Crippen LogP contribution in [0.4, 0.5) is 11.4 Å². The van der Waals surface area contributed by atoms with Crippen LogP contribution in [0.2, 0.25) is 0 Å². The van der Waals surface area contributed by atoms with Crippen LogP contribution in [0.3, 0.4) is 0 Å². The van der Waals surface area contributed by atoms with Gasteiger partial charge in [0.1, 0.15) is 0 Å². The Morgan fingerprint density at radius 1 is 0.596 bits per heavy atom. The van der Waals surface area contributed by atoms with Gasteiger partial charge in [-0.2, -0.15) is 0 Å². The molecular formula is C56H49N. The van der Waals surface area contributed by atoms with Crippen molar-refractivity contribution in [3.05, 3.63) is 215 Å². The van der Waals surface area contributed by atoms with Crippen LogP contribution in [0, 0.1) is 0 Å². The fourth-order valence-electron chi connectivity index (χ4n) is 10.4. The molecule has 1 nitrogen and oxygen atoms in total. The lowest BCUT2D eigenvalue weighted by Gasteiger charge is -2.34. The summed E-state index contributed by atoms with van der Waals surface area (Å²) in [4.78, 5) is 2.62. The molecule has 7 aromatic carbocycles. The van der Waals surface area contributed by atoms with Gasteiger partial charge in [0.05, 0.1) is 0 Å². The Morgan fingerprint density at radius 2 is 1.25 bits per heavy atom. The second-order valence-corrected chi connectivity index (χ2v) is 16.2. The molecule has 1 atom stereocenters. The average molecular weight is 736 g/mol. The van der Waals surface area contributed by atoms with E-state index in [9.17, 15) is 0 Å². The molecule has 0 radical (unpaired) electrons. The maximum atomic E-state index is 2.62. The van der Waals surface area contributed by atoms with Crippen LogP contribution in [0.15, 0.2) is 176 Å². The Balaban J connectivity index is 1.06. The third-order valence-corrected chi connectivity index (χ3v) is 13.3. The van der Waals surface area contributed by atoms with E-state index in [4.69, 9.17) is 0 Å². The van der Waals surface area contributed by atoms with Crippen molar-refractivity contribution in [1.29, 1.82) is 0 Å². The zero-order valence-corrected chi connectivity index (χ0v) is 33.0. The van der Waals surface area contributed by atoms with Crippen LogP contribution in [-0.4, -0.2) is 6.04 Å². The molecule has 1 unspecified atom stereocenters. The van der Waals surface area contributed by atoms with Gasteiger partial charge in [-0.1, -0.05) is 172 Å². The molecule has 3 aliphatic rings.